The summed E-state index contributed by atoms with van der Waals surface area (Å²) in [6.45, 7) is 2.55. The number of nitrogens with one attached hydrogen (secondary N) is 1. The van der Waals surface area contributed by atoms with Crippen molar-refractivity contribution in [1.82, 2.24) is 9.29 Å². The topological polar surface area (TPSA) is 103 Å². The van der Waals surface area contributed by atoms with E-state index in [2.05, 4.69) is 16.4 Å². The van der Waals surface area contributed by atoms with E-state index in [4.69, 9.17) is 5.26 Å². The maximum atomic E-state index is 13.1. The minimum absolute atomic E-state index is 0.0296. The number of benzene rings is 2. The van der Waals surface area contributed by atoms with E-state index < -0.39 is 10.0 Å². The van der Waals surface area contributed by atoms with Crippen LogP contribution in [0.25, 0.3) is 11.3 Å². The Balaban J connectivity index is 1.45. The van der Waals surface area contributed by atoms with E-state index in [1.54, 1.807) is 16.4 Å². The van der Waals surface area contributed by atoms with E-state index in [1.807, 2.05) is 24.4 Å². The number of aromatic nitrogens is 1. The van der Waals surface area contributed by atoms with Crippen LogP contribution in [0.3, 0.4) is 0 Å². The summed E-state index contributed by atoms with van der Waals surface area (Å²) in [7, 11) is -3.59. The molecule has 2 heterocycles. The lowest BCUT2D eigenvalue weighted by Crippen LogP contribution is -2.43. The average Bonchev–Trinajstić information content (AvgIpc) is 3.32. The van der Waals surface area contributed by atoms with Crippen LogP contribution < -0.4 is 5.32 Å². The van der Waals surface area contributed by atoms with Gasteiger partial charge < -0.3 is 0 Å². The summed E-state index contributed by atoms with van der Waals surface area (Å²) in [4.78, 5) is 17.3. The standard InChI is InChI=1S/C24H24N4O3S2/c1-2-20-5-3-4-14-28(20)33(30,31)21-12-10-19(11-13-21)23(29)27-24-26-22(16-32-24)18-8-6-17(15-25)7-9-18/h6-13,16,20H,2-5,14H2,1H3,(H,26,27,29)/t20-/m1/s1. The van der Waals surface area contributed by atoms with Crippen molar-refractivity contribution in [3.05, 3.63) is 65.0 Å². The van der Waals surface area contributed by atoms with Crippen LogP contribution in [0.2, 0.25) is 0 Å². The molecule has 170 valence electrons. The van der Waals surface area contributed by atoms with Gasteiger partial charge in [-0.25, -0.2) is 13.4 Å². The van der Waals surface area contributed by atoms with Crippen molar-refractivity contribution in [2.75, 3.05) is 11.9 Å². The third-order valence-electron chi connectivity index (χ3n) is 5.80. The quantitative estimate of drug-likeness (QED) is 0.541. The number of piperidine rings is 1. The molecule has 0 aliphatic carbocycles. The number of thiazole rings is 1. The second-order valence-electron chi connectivity index (χ2n) is 7.88. The summed E-state index contributed by atoms with van der Waals surface area (Å²) in [5.74, 6) is -0.357. The third kappa shape index (κ3) is 4.98. The van der Waals surface area contributed by atoms with Crippen molar-refractivity contribution >= 4 is 32.4 Å². The number of carbonyl (C=O) groups excluding carboxylic acids is 1. The summed E-state index contributed by atoms with van der Waals surface area (Å²) in [5, 5.41) is 13.9. The van der Waals surface area contributed by atoms with E-state index in [0.29, 0.717) is 28.5 Å². The zero-order valence-corrected chi connectivity index (χ0v) is 19.8. The zero-order chi connectivity index (χ0) is 23.4. The summed E-state index contributed by atoms with van der Waals surface area (Å²) >= 11 is 1.30. The Labute approximate surface area is 197 Å². The molecule has 1 saturated heterocycles. The summed E-state index contributed by atoms with van der Waals surface area (Å²) in [5.41, 5.74) is 2.48. The monoisotopic (exact) mass is 480 g/mol. The summed E-state index contributed by atoms with van der Waals surface area (Å²) < 4.78 is 27.8. The molecular formula is C24H24N4O3S2. The lowest BCUT2D eigenvalue weighted by molar-refractivity contribution is 0.102. The number of anilines is 1. The Morgan fingerprint density at radius 3 is 2.58 bits per heavy atom. The smallest absolute Gasteiger partial charge is 0.257 e. The Bertz CT molecular complexity index is 1280. The molecule has 0 radical (unpaired) electrons. The molecule has 1 aromatic heterocycles. The molecule has 0 spiro atoms. The molecule has 7 nitrogen and oxygen atoms in total. The van der Waals surface area contributed by atoms with Gasteiger partial charge in [-0.15, -0.1) is 11.3 Å². The number of sulfonamides is 1. The number of nitriles is 1. The normalized spacial score (nSPS) is 16.8. The van der Waals surface area contributed by atoms with Crippen molar-refractivity contribution in [2.45, 2.75) is 43.5 Å². The van der Waals surface area contributed by atoms with E-state index in [1.165, 1.54) is 35.6 Å². The van der Waals surface area contributed by atoms with E-state index in [9.17, 15) is 13.2 Å². The molecule has 1 aliphatic heterocycles. The van der Waals surface area contributed by atoms with Crippen LogP contribution in [0.5, 0.6) is 0 Å². The van der Waals surface area contributed by atoms with Gasteiger partial charge in [0, 0.05) is 29.1 Å². The van der Waals surface area contributed by atoms with Gasteiger partial charge in [-0.05, 0) is 55.7 Å². The highest BCUT2D eigenvalue weighted by molar-refractivity contribution is 7.89. The Hall–Kier alpha value is -3.06. The zero-order valence-electron chi connectivity index (χ0n) is 18.2. The molecule has 2 aromatic carbocycles. The first-order chi connectivity index (χ1) is 15.9. The molecule has 0 bridgehead atoms. The van der Waals surface area contributed by atoms with Crippen LogP contribution in [0, 0.1) is 11.3 Å². The Morgan fingerprint density at radius 1 is 1.18 bits per heavy atom. The van der Waals surface area contributed by atoms with Crippen molar-refractivity contribution < 1.29 is 13.2 Å². The number of nitrogens with zero attached hydrogens (tertiary/aromatic N) is 3. The van der Waals surface area contributed by atoms with Crippen LogP contribution in [0.4, 0.5) is 5.13 Å². The highest BCUT2D eigenvalue weighted by Crippen LogP contribution is 2.28. The predicted molar refractivity (Wildman–Crippen MR) is 128 cm³/mol. The van der Waals surface area contributed by atoms with Crippen LogP contribution >= 0.6 is 11.3 Å². The van der Waals surface area contributed by atoms with E-state index >= 15 is 0 Å². The van der Waals surface area contributed by atoms with Gasteiger partial charge in [0.1, 0.15) is 0 Å². The van der Waals surface area contributed by atoms with Gasteiger partial charge in [-0.1, -0.05) is 25.5 Å². The number of hydrogen-bond donors (Lipinski definition) is 1. The number of rotatable bonds is 6. The van der Waals surface area contributed by atoms with Crippen molar-refractivity contribution in [1.29, 1.82) is 5.26 Å². The molecule has 0 unspecified atom stereocenters. The first kappa shape index (κ1) is 23.1. The number of amides is 1. The Kier molecular flexibility index (Phi) is 6.88. The van der Waals surface area contributed by atoms with E-state index in [0.717, 1.165) is 31.2 Å². The maximum absolute atomic E-state index is 13.1. The minimum atomic E-state index is -3.59. The first-order valence-corrected chi connectivity index (χ1v) is 13.1. The largest absolute Gasteiger partial charge is 0.298 e. The molecule has 9 heteroatoms. The molecule has 1 amide bonds. The molecule has 0 saturated carbocycles. The molecule has 1 aliphatic rings. The van der Waals surface area contributed by atoms with Gasteiger partial charge >= 0.3 is 0 Å². The average molecular weight is 481 g/mol. The minimum Gasteiger partial charge on any atom is -0.298 e. The van der Waals surface area contributed by atoms with Gasteiger partial charge in [-0.2, -0.15) is 9.57 Å². The lowest BCUT2D eigenvalue weighted by Gasteiger charge is -2.34. The van der Waals surface area contributed by atoms with Crippen molar-refractivity contribution in [3.63, 3.8) is 0 Å². The van der Waals surface area contributed by atoms with E-state index in [-0.39, 0.29) is 16.8 Å². The molecule has 1 atom stereocenters. The molecule has 1 N–H and O–H groups in total. The second-order valence-corrected chi connectivity index (χ2v) is 10.6. The first-order valence-electron chi connectivity index (χ1n) is 10.8. The van der Waals surface area contributed by atoms with Gasteiger partial charge in [0.2, 0.25) is 10.0 Å². The SMILES string of the molecule is CC[C@@H]1CCCCN1S(=O)(=O)c1ccc(C(=O)Nc2nc(-c3ccc(C#N)cc3)cs2)cc1. The summed E-state index contributed by atoms with van der Waals surface area (Å²) in [6, 6.07) is 15.2. The van der Waals surface area contributed by atoms with Gasteiger partial charge in [0.05, 0.1) is 22.2 Å². The molecule has 1 fully saturated rings. The fourth-order valence-electron chi connectivity index (χ4n) is 3.96. The highest BCUT2D eigenvalue weighted by Gasteiger charge is 2.32. The van der Waals surface area contributed by atoms with Crippen LogP contribution in [-0.4, -0.2) is 36.2 Å². The maximum Gasteiger partial charge on any atom is 0.257 e. The number of hydrogen-bond acceptors (Lipinski definition) is 6. The summed E-state index contributed by atoms with van der Waals surface area (Å²) in [6.07, 6.45) is 3.59. The predicted octanol–water partition coefficient (Wildman–Crippen LogP) is 4.89. The second kappa shape index (κ2) is 9.83. The van der Waals surface area contributed by atoms with Gasteiger partial charge in [-0.3, -0.25) is 10.1 Å². The highest BCUT2D eigenvalue weighted by atomic mass is 32.2. The fraction of sp³-hybridized carbons (Fsp3) is 0.292. The Morgan fingerprint density at radius 2 is 1.91 bits per heavy atom. The van der Waals surface area contributed by atoms with Crippen LogP contribution in [0.1, 0.15) is 48.5 Å². The lowest BCUT2D eigenvalue weighted by atomic mass is 10.0. The molecule has 33 heavy (non-hydrogen) atoms. The van der Waals surface area contributed by atoms with Crippen molar-refractivity contribution in [2.24, 2.45) is 0 Å². The third-order valence-corrected chi connectivity index (χ3v) is 8.53. The van der Waals surface area contributed by atoms with Crippen LogP contribution in [-0.2, 0) is 10.0 Å². The molecule has 4 rings (SSSR count). The van der Waals surface area contributed by atoms with Gasteiger partial charge in [0.15, 0.2) is 5.13 Å². The van der Waals surface area contributed by atoms with Gasteiger partial charge in [0.25, 0.3) is 5.91 Å². The van der Waals surface area contributed by atoms with Crippen LogP contribution in [0.15, 0.2) is 58.8 Å². The van der Waals surface area contributed by atoms with Crippen molar-refractivity contribution in [3.8, 4) is 17.3 Å². The molecule has 3 aromatic rings. The fourth-order valence-corrected chi connectivity index (χ4v) is 6.44. The molecular weight excluding hydrogens is 456 g/mol. The number of carbonyl (C=O) groups is 1.